The van der Waals surface area contributed by atoms with E-state index in [2.05, 4.69) is 0 Å². The van der Waals surface area contributed by atoms with Crippen LogP contribution in [0.4, 0.5) is 11.4 Å². The predicted octanol–water partition coefficient (Wildman–Crippen LogP) is 2.59. The van der Waals surface area contributed by atoms with E-state index < -0.39 is 15.0 Å². The minimum atomic E-state index is -4.40. The van der Waals surface area contributed by atoms with Gasteiger partial charge in [-0.25, -0.2) is 0 Å². The minimum Gasteiger partial charge on any atom is -0.399 e. The number of nitrogens with two attached hydrogens (primary N) is 1. The first kappa shape index (κ1) is 15.7. The Labute approximate surface area is 126 Å². The fraction of sp³-hybridized carbons (Fsp3) is 0. The van der Waals surface area contributed by atoms with Gasteiger partial charge in [0.1, 0.15) is 4.90 Å². The van der Waals surface area contributed by atoms with Gasteiger partial charge in [0, 0.05) is 17.8 Å². The first-order valence-electron chi connectivity index (χ1n) is 6.07. The lowest BCUT2D eigenvalue weighted by Crippen LogP contribution is -2.02. The molecule has 0 amide bonds. The van der Waals surface area contributed by atoms with Crippen molar-refractivity contribution in [2.45, 2.75) is 4.90 Å². The van der Waals surface area contributed by atoms with E-state index in [1.165, 1.54) is 42.5 Å². The predicted molar refractivity (Wildman–Crippen MR) is 82.7 cm³/mol. The molecular formula is C14H12N2O5S. The van der Waals surface area contributed by atoms with Gasteiger partial charge in [0.2, 0.25) is 0 Å². The molecule has 0 atom stereocenters. The standard InChI is InChI=1S/C14H12N2O5S/c15-12-6-5-11(14(9-12)22(19,20)21)4-1-10-2-7-13(8-3-10)16(17)18/h1-9H,15H2,(H,19,20,21). The largest absolute Gasteiger partial charge is 0.399 e. The third kappa shape index (κ3) is 3.68. The van der Waals surface area contributed by atoms with Crippen molar-refractivity contribution in [3.05, 3.63) is 63.7 Å². The van der Waals surface area contributed by atoms with Crippen molar-refractivity contribution in [2.75, 3.05) is 5.73 Å². The molecule has 2 aromatic rings. The van der Waals surface area contributed by atoms with Crippen molar-refractivity contribution in [1.29, 1.82) is 0 Å². The minimum absolute atomic E-state index is 0.0386. The Morgan fingerprint density at radius 1 is 1.09 bits per heavy atom. The van der Waals surface area contributed by atoms with Gasteiger partial charge < -0.3 is 5.73 Å². The Morgan fingerprint density at radius 3 is 2.27 bits per heavy atom. The fourth-order valence-corrected chi connectivity index (χ4v) is 2.52. The summed E-state index contributed by atoms with van der Waals surface area (Å²) in [5.74, 6) is 0. The highest BCUT2D eigenvalue weighted by Crippen LogP contribution is 2.22. The molecule has 0 radical (unpaired) electrons. The first-order chi connectivity index (χ1) is 10.3. The average Bonchev–Trinajstić information content (AvgIpc) is 2.45. The van der Waals surface area contributed by atoms with Crippen LogP contribution in [0.3, 0.4) is 0 Å². The highest BCUT2D eigenvalue weighted by Gasteiger charge is 2.14. The number of anilines is 1. The lowest BCUT2D eigenvalue weighted by molar-refractivity contribution is -0.384. The van der Waals surface area contributed by atoms with Crippen molar-refractivity contribution < 1.29 is 17.9 Å². The van der Waals surface area contributed by atoms with E-state index in [4.69, 9.17) is 5.73 Å². The van der Waals surface area contributed by atoms with Gasteiger partial charge in [-0.15, -0.1) is 0 Å². The number of nitrogen functional groups attached to an aromatic ring is 1. The summed E-state index contributed by atoms with van der Waals surface area (Å²) in [6.45, 7) is 0. The summed E-state index contributed by atoms with van der Waals surface area (Å²) < 4.78 is 31.9. The molecule has 0 fully saturated rings. The lowest BCUT2D eigenvalue weighted by atomic mass is 10.1. The fourth-order valence-electron chi connectivity index (χ4n) is 1.81. The highest BCUT2D eigenvalue weighted by atomic mass is 32.2. The van der Waals surface area contributed by atoms with E-state index in [-0.39, 0.29) is 21.8 Å². The van der Waals surface area contributed by atoms with Crippen LogP contribution >= 0.6 is 0 Å². The summed E-state index contributed by atoms with van der Waals surface area (Å²) in [5.41, 5.74) is 6.58. The van der Waals surface area contributed by atoms with Crippen LogP contribution in [-0.4, -0.2) is 17.9 Å². The molecule has 0 aliphatic carbocycles. The Balaban J connectivity index is 2.36. The Morgan fingerprint density at radius 2 is 1.73 bits per heavy atom. The van der Waals surface area contributed by atoms with Crippen LogP contribution < -0.4 is 5.73 Å². The maximum absolute atomic E-state index is 11.3. The van der Waals surface area contributed by atoms with Gasteiger partial charge in [-0.3, -0.25) is 14.7 Å². The molecule has 2 aromatic carbocycles. The number of rotatable bonds is 4. The molecule has 7 nitrogen and oxygen atoms in total. The van der Waals surface area contributed by atoms with Crippen molar-refractivity contribution in [3.8, 4) is 0 Å². The third-order valence-electron chi connectivity index (χ3n) is 2.87. The Bertz CT molecular complexity index is 842. The van der Waals surface area contributed by atoms with Gasteiger partial charge in [0.05, 0.1) is 4.92 Å². The van der Waals surface area contributed by atoms with Gasteiger partial charge in [0.25, 0.3) is 15.8 Å². The molecule has 0 saturated carbocycles. The lowest BCUT2D eigenvalue weighted by Gasteiger charge is -2.04. The smallest absolute Gasteiger partial charge is 0.295 e. The zero-order chi connectivity index (χ0) is 16.3. The number of benzene rings is 2. The Hall–Kier alpha value is -2.71. The number of nitrogens with zero attached hydrogens (tertiary/aromatic N) is 1. The zero-order valence-corrected chi connectivity index (χ0v) is 12.0. The molecule has 0 saturated heterocycles. The molecule has 8 heteroatoms. The number of non-ortho nitro benzene ring substituents is 1. The molecule has 22 heavy (non-hydrogen) atoms. The Kier molecular flexibility index (Phi) is 4.25. The molecule has 3 N–H and O–H groups in total. The van der Waals surface area contributed by atoms with Crippen LogP contribution in [0.1, 0.15) is 11.1 Å². The van der Waals surface area contributed by atoms with Gasteiger partial charge in [-0.1, -0.05) is 18.2 Å². The van der Waals surface area contributed by atoms with Crippen molar-refractivity contribution in [2.24, 2.45) is 0 Å². The number of hydrogen-bond acceptors (Lipinski definition) is 5. The van der Waals surface area contributed by atoms with Crippen molar-refractivity contribution in [3.63, 3.8) is 0 Å². The topological polar surface area (TPSA) is 124 Å². The van der Waals surface area contributed by atoms with E-state index in [1.54, 1.807) is 6.08 Å². The maximum Gasteiger partial charge on any atom is 0.295 e. The van der Waals surface area contributed by atoms with Crippen LogP contribution in [0.25, 0.3) is 12.2 Å². The first-order valence-corrected chi connectivity index (χ1v) is 7.51. The van der Waals surface area contributed by atoms with E-state index in [9.17, 15) is 23.1 Å². The third-order valence-corrected chi connectivity index (χ3v) is 3.78. The molecule has 0 unspecified atom stereocenters. The van der Waals surface area contributed by atoms with E-state index in [0.717, 1.165) is 6.07 Å². The number of nitro groups is 1. The molecule has 0 aliphatic heterocycles. The SMILES string of the molecule is Nc1ccc(C=Cc2ccc([N+](=O)[O-])cc2)c(S(=O)(=O)O)c1. The van der Waals surface area contributed by atoms with Gasteiger partial charge >= 0.3 is 0 Å². The van der Waals surface area contributed by atoms with Crippen LogP contribution in [0.15, 0.2) is 47.4 Å². The average molecular weight is 320 g/mol. The number of nitro benzene ring substituents is 1. The maximum atomic E-state index is 11.3. The number of hydrogen-bond donors (Lipinski definition) is 2. The van der Waals surface area contributed by atoms with Crippen LogP contribution in [-0.2, 0) is 10.1 Å². The molecule has 0 aromatic heterocycles. The second-order valence-electron chi connectivity index (χ2n) is 4.45. The normalized spacial score (nSPS) is 11.7. The summed E-state index contributed by atoms with van der Waals surface area (Å²) in [6, 6.07) is 9.85. The second-order valence-corrected chi connectivity index (χ2v) is 5.84. The summed E-state index contributed by atoms with van der Waals surface area (Å²) in [4.78, 5) is 9.75. The monoisotopic (exact) mass is 320 g/mol. The zero-order valence-electron chi connectivity index (χ0n) is 11.2. The van der Waals surface area contributed by atoms with Crippen molar-refractivity contribution in [1.82, 2.24) is 0 Å². The molecule has 0 heterocycles. The van der Waals surface area contributed by atoms with E-state index in [0.29, 0.717) is 5.56 Å². The van der Waals surface area contributed by atoms with E-state index in [1.807, 2.05) is 0 Å². The second kappa shape index (κ2) is 5.96. The summed E-state index contributed by atoms with van der Waals surface area (Å²) in [6.07, 6.45) is 3.05. The van der Waals surface area contributed by atoms with Gasteiger partial charge in [0.15, 0.2) is 0 Å². The van der Waals surface area contributed by atoms with Crippen LogP contribution in [0, 0.1) is 10.1 Å². The van der Waals surface area contributed by atoms with Crippen LogP contribution in [0.2, 0.25) is 0 Å². The molecule has 114 valence electrons. The summed E-state index contributed by atoms with van der Waals surface area (Å²) in [5, 5.41) is 10.6. The molecule has 0 spiro atoms. The van der Waals surface area contributed by atoms with Crippen molar-refractivity contribution >= 4 is 33.6 Å². The van der Waals surface area contributed by atoms with Crippen LogP contribution in [0.5, 0.6) is 0 Å². The van der Waals surface area contributed by atoms with Gasteiger partial charge in [-0.2, -0.15) is 8.42 Å². The summed E-state index contributed by atoms with van der Waals surface area (Å²) >= 11 is 0. The highest BCUT2D eigenvalue weighted by molar-refractivity contribution is 7.86. The quantitative estimate of drug-likeness (QED) is 0.293. The van der Waals surface area contributed by atoms with E-state index >= 15 is 0 Å². The summed E-state index contributed by atoms with van der Waals surface area (Å²) in [7, 11) is -4.40. The van der Waals surface area contributed by atoms with Gasteiger partial charge in [-0.05, 0) is 35.4 Å². The molecule has 0 bridgehead atoms. The molecular weight excluding hydrogens is 308 g/mol. The molecule has 2 rings (SSSR count). The molecule has 0 aliphatic rings.